The van der Waals surface area contributed by atoms with Crippen molar-refractivity contribution < 1.29 is 4.74 Å². The van der Waals surface area contributed by atoms with Gasteiger partial charge < -0.3 is 10.1 Å². The van der Waals surface area contributed by atoms with Gasteiger partial charge in [-0.05, 0) is 14.0 Å². The van der Waals surface area contributed by atoms with Gasteiger partial charge in [0.2, 0.25) is 0 Å². The van der Waals surface area contributed by atoms with Gasteiger partial charge in [0.15, 0.2) is 5.90 Å². The van der Waals surface area contributed by atoms with Crippen molar-refractivity contribution >= 4 is 5.90 Å². The molecule has 0 aromatic heterocycles. The first-order valence-electron chi connectivity index (χ1n) is 3.16. The highest BCUT2D eigenvalue weighted by Gasteiger charge is 1.92. The molecule has 0 fully saturated rings. The van der Waals surface area contributed by atoms with E-state index in [2.05, 4.69) is 5.32 Å². The van der Waals surface area contributed by atoms with Gasteiger partial charge in [-0.3, -0.25) is 5.41 Å². The molecule has 0 heterocycles. The summed E-state index contributed by atoms with van der Waals surface area (Å²) < 4.78 is 4.89. The second kappa shape index (κ2) is 5.56. The predicted molar refractivity (Wildman–Crippen MR) is 37.9 cm³/mol. The predicted octanol–water partition coefficient (Wildman–Crippen LogP) is 0.610. The van der Waals surface area contributed by atoms with Crippen molar-refractivity contribution in [2.75, 3.05) is 20.2 Å². The molecule has 0 aromatic carbocycles. The first-order chi connectivity index (χ1) is 4.31. The number of hydrogen-bond acceptors (Lipinski definition) is 3. The van der Waals surface area contributed by atoms with Gasteiger partial charge in [-0.1, -0.05) is 0 Å². The highest BCUT2D eigenvalue weighted by molar-refractivity contribution is 5.72. The molecule has 0 saturated heterocycles. The molecule has 3 heteroatoms. The Morgan fingerprint density at radius 1 is 1.67 bits per heavy atom. The van der Waals surface area contributed by atoms with Crippen LogP contribution in [-0.4, -0.2) is 26.1 Å². The Balaban J connectivity index is 3.06. The zero-order valence-electron chi connectivity index (χ0n) is 6.03. The van der Waals surface area contributed by atoms with Crippen LogP contribution in [0.15, 0.2) is 0 Å². The highest BCUT2D eigenvalue weighted by Crippen LogP contribution is 1.83. The van der Waals surface area contributed by atoms with Gasteiger partial charge in [-0.15, -0.1) is 0 Å². The molecule has 0 spiro atoms. The number of ether oxygens (including phenoxy) is 1. The van der Waals surface area contributed by atoms with Crippen LogP contribution in [0, 0.1) is 5.41 Å². The Labute approximate surface area is 55.9 Å². The first-order valence-corrected chi connectivity index (χ1v) is 3.16. The summed E-state index contributed by atoms with van der Waals surface area (Å²) >= 11 is 0. The van der Waals surface area contributed by atoms with Gasteiger partial charge >= 0.3 is 0 Å². The summed E-state index contributed by atoms with van der Waals surface area (Å²) in [7, 11) is 1.86. The van der Waals surface area contributed by atoms with E-state index in [-0.39, 0.29) is 0 Å². The van der Waals surface area contributed by atoms with E-state index >= 15 is 0 Å². The Morgan fingerprint density at radius 3 is 2.78 bits per heavy atom. The largest absolute Gasteiger partial charge is 0.481 e. The van der Waals surface area contributed by atoms with Crippen LogP contribution < -0.4 is 5.32 Å². The van der Waals surface area contributed by atoms with Crippen LogP contribution in [0.4, 0.5) is 0 Å². The normalized spacial score (nSPS) is 9.11. The number of rotatable bonds is 4. The van der Waals surface area contributed by atoms with Crippen molar-refractivity contribution in [1.82, 2.24) is 5.32 Å². The van der Waals surface area contributed by atoms with E-state index in [1.165, 1.54) is 0 Å². The maximum Gasteiger partial charge on any atom is 0.181 e. The lowest BCUT2D eigenvalue weighted by Gasteiger charge is -2.02. The monoisotopic (exact) mass is 130 g/mol. The maximum absolute atomic E-state index is 7.13. The third-order valence-electron chi connectivity index (χ3n) is 0.921. The SMILES string of the molecule is CCOC(=N)CCNC. The minimum atomic E-state index is 0.367. The summed E-state index contributed by atoms with van der Waals surface area (Å²) in [6.45, 7) is 3.30. The highest BCUT2D eigenvalue weighted by atomic mass is 16.5. The van der Waals surface area contributed by atoms with Crippen LogP contribution in [0.3, 0.4) is 0 Å². The van der Waals surface area contributed by atoms with Crippen LogP contribution in [0.5, 0.6) is 0 Å². The molecule has 0 rings (SSSR count). The van der Waals surface area contributed by atoms with E-state index in [9.17, 15) is 0 Å². The van der Waals surface area contributed by atoms with Crippen molar-refractivity contribution in [3.63, 3.8) is 0 Å². The lowest BCUT2D eigenvalue weighted by Crippen LogP contribution is -2.14. The third-order valence-corrected chi connectivity index (χ3v) is 0.921. The first kappa shape index (κ1) is 8.43. The van der Waals surface area contributed by atoms with Crippen molar-refractivity contribution in [3.05, 3.63) is 0 Å². The summed E-state index contributed by atoms with van der Waals surface area (Å²) in [6, 6.07) is 0. The van der Waals surface area contributed by atoms with Crippen LogP contribution in [0.25, 0.3) is 0 Å². The molecule has 2 N–H and O–H groups in total. The molecule has 0 amide bonds. The Bertz CT molecular complexity index is 83.1. The van der Waals surface area contributed by atoms with Crippen LogP contribution >= 0.6 is 0 Å². The van der Waals surface area contributed by atoms with E-state index in [1.807, 2.05) is 14.0 Å². The van der Waals surface area contributed by atoms with Gasteiger partial charge in [-0.2, -0.15) is 0 Å². The van der Waals surface area contributed by atoms with Gasteiger partial charge in [0.1, 0.15) is 0 Å². The molecule has 3 nitrogen and oxygen atoms in total. The average Bonchev–Trinajstić information content (AvgIpc) is 1.85. The fourth-order valence-electron chi connectivity index (χ4n) is 0.485. The lowest BCUT2D eigenvalue weighted by molar-refractivity contribution is 0.314. The molecule has 9 heavy (non-hydrogen) atoms. The minimum Gasteiger partial charge on any atom is -0.481 e. The minimum absolute atomic E-state index is 0.367. The molecule has 0 bridgehead atoms. The number of nitrogens with one attached hydrogen (secondary N) is 2. The lowest BCUT2D eigenvalue weighted by atomic mass is 10.4. The summed E-state index contributed by atoms with van der Waals surface area (Å²) in [5, 5.41) is 10.1. The van der Waals surface area contributed by atoms with E-state index < -0.39 is 0 Å². The fourth-order valence-corrected chi connectivity index (χ4v) is 0.485. The smallest absolute Gasteiger partial charge is 0.181 e. The van der Waals surface area contributed by atoms with Crippen LogP contribution in [-0.2, 0) is 4.74 Å². The maximum atomic E-state index is 7.13. The van der Waals surface area contributed by atoms with Crippen molar-refractivity contribution in [3.8, 4) is 0 Å². The topological polar surface area (TPSA) is 45.1 Å². The van der Waals surface area contributed by atoms with E-state index in [0.717, 1.165) is 6.54 Å². The van der Waals surface area contributed by atoms with Gasteiger partial charge in [-0.25, -0.2) is 0 Å². The molecule has 0 unspecified atom stereocenters. The molecule has 0 aromatic rings. The van der Waals surface area contributed by atoms with Crippen LogP contribution in [0.2, 0.25) is 0 Å². The van der Waals surface area contributed by atoms with Crippen molar-refractivity contribution in [2.24, 2.45) is 0 Å². The molecule has 0 aliphatic rings. The summed E-state index contributed by atoms with van der Waals surface area (Å²) in [5.41, 5.74) is 0. The van der Waals surface area contributed by atoms with Gasteiger partial charge in [0.25, 0.3) is 0 Å². The van der Waals surface area contributed by atoms with Crippen molar-refractivity contribution in [1.29, 1.82) is 5.41 Å². The average molecular weight is 130 g/mol. The standard InChI is InChI=1S/C6H14N2O/c1-3-9-6(7)4-5-8-2/h7-8H,3-5H2,1-2H3. The van der Waals surface area contributed by atoms with Gasteiger partial charge in [0, 0.05) is 13.0 Å². The Morgan fingerprint density at radius 2 is 2.33 bits per heavy atom. The van der Waals surface area contributed by atoms with Gasteiger partial charge in [0.05, 0.1) is 6.61 Å². The molecule has 0 saturated carbocycles. The van der Waals surface area contributed by atoms with Crippen LogP contribution in [0.1, 0.15) is 13.3 Å². The fraction of sp³-hybridized carbons (Fsp3) is 0.833. The summed E-state index contributed by atoms with van der Waals surface area (Å²) in [4.78, 5) is 0. The van der Waals surface area contributed by atoms with E-state index in [1.54, 1.807) is 0 Å². The van der Waals surface area contributed by atoms with E-state index in [4.69, 9.17) is 10.1 Å². The second-order valence-corrected chi connectivity index (χ2v) is 1.71. The Hall–Kier alpha value is -0.570. The zero-order chi connectivity index (χ0) is 7.11. The van der Waals surface area contributed by atoms with E-state index in [0.29, 0.717) is 18.9 Å². The quantitative estimate of drug-likeness (QED) is 0.432. The molecule has 54 valence electrons. The molecule has 0 atom stereocenters. The molecular formula is C6H14N2O. The summed E-state index contributed by atoms with van der Waals surface area (Å²) in [6.07, 6.45) is 0.685. The number of hydrogen-bond donors (Lipinski definition) is 2. The zero-order valence-corrected chi connectivity index (χ0v) is 6.03. The molecule has 0 radical (unpaired) electrons. The second-order valence-electron chi connectivity index (χ2n) is 1.71. The van der Waals surface area contributed by atoms with Crippen molar-refractivity contribution in [2.45, 2.75) is 13.3 Å². The molecule has 0 aliphatic heterocycles. The Kier molecular flexibility index (Phi) is 5.21. The molecule has 0 aliphatic carbocycles. The third kappa shape index (κ3) is 5.30. The summed E-state index contributed by atoms with van der Waals surface area (Å²) in [5.74, 6) is 0.367. The molecular weight excluding hydrogens is 116 g/mol.